The Labute approximate surface area is 174 Å². The van der Waals surface area contributed by atoms with E-state index in [1.165, 1.54) is 6.26 Å². The van der Waals surface area contributed by atoms with Crippen LogP contribution in [0.4, 0.5) is 0 Å². The molecule has 154 valence electrons. The molecule has 0 bridgehead atoms. The summed E-state index contributed by atoms with van der Waals surface area (Å²) >= 11 is 0. The van der Waals surface area contributed by atoms with Gasteiger partial charge in [-0.05, 0) is 26.0 Å². The first kappa shape index (κ1) is 19.6. The number of fused-ring (bicyclic) bond motifs is 1. The Bertz CT molecular complexity index is 1210. The molecule has 0 aliphatic rings. The Morgan fingerprint density at radius 3 is 2.80 bits per heavy atom. The molecule has 0 fully saturated rings. The standard InChI is InChI=1S/C22H23N5O3/c1-14-17(15(2)27(4)25-14)11-26(3)22(28)18-12-30-20(24-18)13-29-19-9-5-7-16-8-6-10-23-21(16)19/h5-10,12H,11,13H2,1-4H3. The lowest BCUT2D eigenvalue weighted by atomic mass is 10.2. The first-order chi connectivity index (χ1) is 14.4. The number of benzene rings is 1. The van der Waals surface area contributed by atoms with Crippen molar-refractivity contribution in [1.82, 2.24) is 24.6 Å². The van der Waals surface area contributed by atoms with Crippen molar-refractivity contribution in [2.75, 3.05) is 7.05 Å². The van der Waals surface area contributed by atoms with Gasteiger partial charge in [-0.25, -0.2) is 4.98 Å². The van der Waals surface area contributed by atoms with Gasteiger partial charge in [-0.2, -0.15) is 5.10 Å². The Hall–Kier alpha value is -3.68. The third-order valence-electron chi connectivity index (χ3n) is 5.12. The summed E-state index contributed by atoms with van der Waals surface area (Å²) in [6.45, 7) is 4.48. The molecule has 0 saturated carbocycles. The van der Waals surface area contributed by atoms with Gasteiger partial charge < -0.3 is 14.1 Å². The number of nitrogens with zero attached hydrogens (tertiary/aromatic N) is 5. The second kappa shape index (κ2) is 7.98. The van der Waals surface area contributed by atoms with Crippen molar-refractivity contribution < 1.29 is 13.9 Å². The Morgan fingerprint density at radius 1 is 1.23 bits per heavy atom. The van der Waals surface area contributed by atoms with Gasteiger partial charge >= 0.3 is 0 Å². The highest BCUT2D eigenvalue weighted by Gasteiger charge is 2.20. The molecular weight excluding hydrogens is 382 g/mol. The quantitative estimate of drug-likeness (QED) is 0.489. The number of ether oxygens (including phenoxy) is 1. The number of para-hydroxylation sites is 1. The Morgan fingerprint density at radius 2 is 2.03 bits per heavy atom. The second-order valence-electron chi connectivity index (χ2n) is 7.18. The van der Waals surface area contributed by atoms with E-state index in [0.717, 1.165) is 27.9 Å². The van der Waals surface area contributed by atoms with Crippen molar-refractivity contribution in [1.29, 1.82) is 0 Å². The molecule has 30 heavy (non-hydrogen) atoms. The van der Waals surface area contributed by atoms with Crippen LogP contribution in [0.2, 0.25) is 0 Å². The molecule has 0 aliphatic carbocycles. The maximum absolute atomic E-state index is 12.8. The van der Waals surface area contributed by atoms with E-state index < -0.39 is 0 Å². The zero-order chi connectivity index (χ0) is 21.3. The van der Waals surface area contributed by atoms with Crippen LogP contribution in [0.15, 0.2) is 47.2 Å². The summed E-state index contributed by atoms with van der Waals surface area (Å²) in [5.74, 6) is 0.742. The average molecular weight is 405 g/mol. The Balaban J connectivity index is 1.43. The van der Waals surface area contributed by atoms with Crippen molar-refractivity contribution in [2.45, 2.75) is 27.0 Å². The van der Waals surface area contributed by atoms with Gasteiger partial charge in [0.05, 0.1) is 5.69 Å². The third-order valence-corrected chi connectivity index (χ3v) is 5.12. The molecule has 4 rings (SSSR count). The van der Waals surface area contributed by atoms with E-state index in [1.54, 1.807) is 18.1 Å². The molecule has 1 aromatic carbocycles. The molecule has 1 amide bonds. The van der Waals surface area contributed by atoms with Crippen LogP contribution < -0.4 is 4.74 Å². The van der Waals surface area contributed by atoms with E-state index in [9.17, 15) is 4.79 Å². The van der Waals surface area contributed by atoms with E-state index in [1.807, 2.05) is 55.9 Å². The SMILES string of the molecule is Cc1nn(C)c(C)c1CN(C)C(=O)c1coc(COc2cccc3cccnc23)n1. The van der Waals surface area contributed by atoms with Gasteiger partial charge in [-0.3, -0.25) is 14.5 Å². The minimum atomic E-state index is -0.223. The summed E-state index contributed by atoms with van der Waals surface area (Å²) in [5.41, 5.74) is 3.98. The van der Waals surface area contributed by atoms with Gasteiger partial charge in [0.15, 0.2) is 12.3 Å². The highest BCUT2D eigenvalue weighted by molar-refractivity contribution is 5.91. The number of aromatic nitrogens is 4. The fourth-order valence-corrected chi connectivity index (χ4v) is 3.36. The number of oxazole rings is 1. The minimum Gasteiger partial charge on any atom is -0.482 e. The van der Waals surface area contributed by atoms with Gasteiger partial charge in [0.25, 0.3) is 5.91 Å². The number of carbonyl (C=O) groups excluding carboxylic acids is 1. The third kappa shape index (κ3) is 3.76. The van der Waals surface area contributed by atoms with Crippen LogP contribution >= 0.6 is 0 Å². The molecule has 0 radical (unpaired) electrons. The highest BCUT2D eigenvalue weighted by atomic mass is 16.5. The lowest BCUT2D eigenvalue weighted by molar-refractivity contribution is 0.0778. The summed E-state index contributed by atoms with van der Waals surface area (Å²) in [4.78, 5) is 23.0. The normalized spacial score (nSPS) is 11.1. The number of aryl methyl sites for hydroxylation is 2. The van der Waals surface area contributed by atoms with Crippen LogP contribution in [0.25, 0.3) is 10.9 Å². The minimum absolute atomic E-state index is 0.105. The van der Waals surface area contributed by atoms with E-state index in [0.29, 0.717) is 18.2 Å². The molecule has 8 heteroatoms. The summed E-state index contributed by atoms with van der Waals surface area (Å²) in [6.07, 6.45) is 3.08. The van der Waals surface area contributed by atoms with Crippen LogP contribution in [0.5, 0.6) is 5.75 Å². The average Bonchev–Trinajstić information content (AvgIpc) is 3.32. The molecule has 8 nitrogen and oxygen atoms in total. The van der Waals surface area contributed by atoms with Crippen molar-refractivity contribution in [3.63, 3.8) is 0 Å². The smallest absolute Gasteiger partial charge is 0.275 e. The van der Waals surface area contributed by atoms with Gasteiger partial charge in [0.1, 0.15) is 17.5 Å². The van der Waals surface area contributed by atoms with Crippen molar-refractivity contribution in [2.24, 2.45) is 7.05 Å². The van der Waals surface area contributed by atoms with Crippen LogP contribution in [0, 0.1) is 13.8 Å². The highest BCUT2D eigenvalue weighted by Crippen LogP contribution is 2.24. The van der Waals surface area contributed by atoms with Crippen molar-refractivity contribution in [3.8, 4) is 5.75 Å². The molecule has 0 N–H and O–H groups in total. The number of rotatable bonds is 6. The molecule has 3 aromatic heterocycles. The Kier molecular flexibility index (Phi) is 5.22. The molecule has 4 aromatic rings. The van der Waals surface area contributed by atoms with Crippen LogP contribution in [-0.4, -0.2) is 37.6 Å². The molecule has 0 unspecified atom stereocenters. The zero-order valence-electron chi connectivity index (χ0n) is 17.4. The van der Waals surface area contributed by atoms with Crippen molar-refractivity contribution >= 4 is 16.8 Å². The number of pyridine rings is 1. The second-order valence-corrected chi connectivity index (χ2v) is 7.18. The summed E-state index contributed by atoms with van der Waals surface area (Å²) in [6, 6.07) is 9.57. The zero-order valence-corrected chi connectivity index (χ0v) is 17.4. The summed E-state index contributed by atoms with van der Waals surface area (Å²) in [7, 11) is 3.63. The van der Waals surface area contributed by atoms with Gasteiger partial charge in [0, 0.05) is 43.5 Å². The van der Waals surface area contributed by atoms with E-state index >= 15 is 0 Å². The maximum Gasteiger partial charge on any atom is 0.275 e. The van der Waals surface area contributed by atoms with Crippen LogP contribution in [-0.2, 0) is 20.2 Å². The van der Waals surface area contributed by atoms with Gasteiger partial charge in [-0.1, -0.05) is 18.2 Å². The lowest BCUT2D eigenvalue weighted by Crippen LogP contribution is -2.27. The largest absolute Gasteiger partial charge is 0.482 e. The predicted octanol–water partition coefficient (Wildman–Crippen LogP) is 3.42. The molecule has 0 aliphatic heterocycles. The molecule has 0 saturated heterocycles. The fourth-order valence-electron chi connectivity index (χ4n) is 3.36. The number of carbonyl (C=O) groups is 1. The fraction of sp³-hybridized carbons (Fsp3) is 0.273. The van der Waals surface area contributed by atoms with Crippen LogP contribution in [0.3, 0.4) is 0 Å². The number of amides is 1. The van der Waals surface area contributed by atoms with E-state index in [2.05, 4.69) is 15.1 Å². The lowest BCUT2D eigenvalue weighted by Gasteiger charge is -2.16. The topological polar surface area (TPSA) is 86.3 Å². The van der Waals surface area contributed by atoms with Crippen molar-refractivity contribution in [3.05, 3.63) is 71.3 Å². The van der Waals surface area contributed by atoms with Crippen LogP contribution in [0.1, 0.15) is 33.3 Å². The van der Waals surface area contributed by atoms with E-state index in [-0.39, 0.29) is 18.2 Å². The number of hydrogen-bond acceptors (Lipinski definition) is 6. The monoisotopic (exact) mass is 405 g/mol. The first-order valence-corrected chi connectivity index (χ1v) is 9.59. The summed E-state index contributed by atoms with van der Waals surface area (Å²) in [5, 5.41) is 5.38. The molecular formula is C22H23N5O3. The predicted molar refractivity (Wildman–Crippen MR) is 111 cm³/mol. The first-order valence-electron chi connectivity index (χ1n) is 9.59. The maximum atomic E-state index is 12.8. The van der Waals surface area contributed by atoms with Gasteiger partial charge in [0.2, 0.25) is 5.89 Å². The molecule has 0 atom stereocenters. The van der Waals surface area contributed by atoms with Gasteiger partial charge in [-0.15, -0.1) is 0 Å². The molecule has 3 heterocycles. The number of hydrogen-bond donors (Lipinski definition) is 0. The van der Waals surface area contributed by atoms with E-state index in [4.69, 9.17) is 9.15 Å². The summed E-state index contributed by atoms with van der Waals surface area (Å²) < 4.78 is 13.1. The molecule has 0 spiro atoms.